The first kappa shape index (κ1) is 19.5. The van der Waals surface area contributed by atoms with Gasteiger partial charge in [0.05, 0.1) is 12.5 Å². The summed E-state index contributed by atoms with van der Waals surface area (Å²) in [6.45, 7) is 1.94. The van der Waals surface area contributed by atoms with E-state index in [1.165, 1.54) is 12.1 Å². The van der Waals surface area contributed by atoms with Crippen LogP contribution in [-0.2, 0) is 6.61 Å². The second-order valence-electron chi connectivity index (χ2n) is 6.67. The number of benzene rings is 3. The maximum atomic E-state index is 13.0. The summed E-state index contributed by atoms with van der Waals surface area (Å²) in [6.07, 6.45) is 0. The predicted molar refractivity (Wildman–Crippen MR) is 111 cm³/mol. The molecule has 0 spiro atoms. The predicted octanol–water partition coefficient (Wildman–Crippen LogP) is 5.62. The molecule has 0 amide bonds. The van der Waals surface area contributed by atoms with Crippen LogP contribution in [0.25, 0.3) is 11.0 Å². The van der Waals surface area contributed by atoms with Crippen molar-refractivity contribution < 1.29 is 23.0 Å². The number of hydrogen-bond donors (Lipinski definition) is 0. The number of aryl methyl sites for hydroxylation is 1. The third kappa shape index (κ3) is 4.12. The van der Waals surface area contributed by atoms with Crippen LogP contribution < -0.4 is 19.6 Å². The van der Waals surface area contributed by atoms with Crippen molar-refractivity contribution >= 4 is 11.0 Å². The minimum absolute atomic E-state index is 0.132. The Bertz CT molecular complexity index is 1230. The van der Waals surface area contributed by atoms with Crippen LogP contribution in [-0.4, -0.2) is 7.11 Å². The van der Waals surface area contributed by atoms with Crippen LogP contribution in [0.4, 0.5) is 4.39 Å². The van der Waals surface area contributed by atoms with Crippen molar-refractivity contribution in [3.8, 4) is 23.0 Å². The molecule has 3 aromatic carbocycles. The number of methoxy groups -OCH3 is 1. The Hall–Kier alpha value is -3.80. The van der Waals surface area contributed by atoms with Gasteiger partial charge in [-0.2, -0.15) is 0 Å². The van der Waals surface area contributed by atoms with Gasteiger partial charge in [0.15, 0.2) is 0 Å². The highest BCUT2D eigenvalue weighted by atomic mass is 19.1. The molecular weight excluding hydrogens is 387 g/mol. The third-order valence-electron chi connectivity index (χ3n) is 4.58. The summed E-state index contributed by atoms with van der Waals surface area (Å²) in [5.41, 5.74) is 0.961. The number of rotatable bonds is 6. The molecule has 0 saturated carbocycles. The van der Waals surface area contributed by atoms with Crippen LogP contribution >= 0.6 is 0 Å². The minimum Gasteiger partial charge on any atom is -0.497 e. The summed E-state index contributed by atoms with van der Waals surface area (Å²) < 4.78 is 35.5. The summed E-state index contributed by atoms with van der Waals surface area (Å²) in [4.78, 5) is 12.9. The van der Waals surface area contributed by atoms with Crippen molar-refractivity contribution in [1.82, 2.24) is 0 Å². The minimum atomic E-state index is -0.297. The molecule has 1 aromatic heterocycles. The highest BCUT2D eigenvalue weighted by Gasteiger charge is 2.15. The van der Waals surface area contributed by atoms with Gasteiger partial charge in [0, 0.05) is 6.07 Å². The van der Waals surface area contributed by atoms with E-state index in [4.69, 9.17) is 18.6 Å². The summed E-state index contributed by atoms with van der Waals surface area (Å²) in [5, 5.41) is 0.387. The molecule has 1 heterocycles. The van der Waals surface area contributed by atoms with E-state index in [0.717, 1.165) is 5.56 Å². The molecule has 4 rings (SSSR count). The molecule has 152 valence electrons. The smallest absolute Gasteiger partial charge is 0.235 e. The maximum Gasteiger partial charge on any atom is 0.235 e. The summed E-state index contributed by atoms with van der Waals surface area (Å²) in [5.74, 6) is 1.93. The fraction of sp³-hybridized carbons (Fsp3) is 0.125. The fourth-order valence-corrected chi connectivity index (χ4v) is 2.99. The highest BCUT2D eigenvalue weighted by molar-refractivity contribution is 5.79. The molecule has 4 aromatic rings. The van der Waals surface area contributed by atoms with Gasteiger partial charge in [-0.1, -0.05) is 12.1 Å². The molecule has 0 radical (unpaired) electrons. The topological polar surface area (TPSA) is 57.9 Å². The SMILES string of the molecule is COc1ccc(Oc2c(C)oc3cc(OCc4ccc(F)cc4)ccc3c2=O)cc1. The first-order valence-electron chi connectivity index (χ1n) is 9.30. The van der Waals surface area contributed by atoms with Gasteiger partial charge in [-0.15, -0.1) is 0 Å². The molecule has 0 unspecified atom stereocenters. The van der Waals surface area contributed by atoms with E-state index in [1.807, 2.05) is 0 Å². The Balaban J connectivity index is 1.58. The zero-order chi connectivity index (χ0) is 21.1. The molecule has 0 aliphatic rings. The van der Waals surface area contributed by atoms with Gasteiger partial charge in [-0.3, -0.25) is 4.79 Å². The molecule has 0 atom stereocenters. The molecule has 0 aliphatic carbocycles. The second kappa shape index (κ2) is 8.29. The molecule has 0 saturated heterocycles. The molecular formula is C24H19FO5. The van der Waals surface area contributed by atoms with Gasteiger partial charge >= 0.3 is 0 Å². The van der Waals surface area contributed by atoms with E-state index in [0.29, 0.717) is 34.0 Å². The van der Waals surface area contributed by atoms with Crippen molar-refractivity contribution in [2.45, 2.75) is 13.5 Å². The zero-order valence-electron chi connectivity index (χ0n) is 16.5. The van der Waals surface area contributed by atoms with Crippen LogP contribution in [0.3, 0.4) is 0 Å². The number of halogens is 1. The lowest BCUT2D eigenvalue weighted by molar-refractivity contribution is 0.306. The van der Waals surface area contributed by atoms with Crippen LogP contribution in [0.5, 0.6) is 23.0 Å². The van der Waals surface area contributed by atoms with E-state index in [9.17, 15) is 9.18 Å². The van der Waals surface area contributed by atoms with Crippen LogP contribution in [0, 0.1) is 12.7 Å². The second-order valence-corrected chi connectivity index (χ2v) is 6.67. The Morgan fingerprint density at radius 1 is 0.900 bits per heavy atom. The Morgan fingerprint density at radius 2 is 1.57 bits per heavy atom. The molecule has 6 heteroatoms. The fourth-order valence-electron chi connectivity index (χ4n) is 2.99. The van der Waals surface area contributed by atoms with Gasteiger partial charge in [0.1, 0.15) is 41.0 Å². The quantitative estimate of drug-likeness (QED) is 0.416. The normalized spacial score (nSPS) is 10.8. The van der Waals surface area contributed by atoms with E-state index in [2.05, 4.69) is 0 Å². The largest absolute Gasteiger partial charge is 0.497 e. The first-order chi connectivity index (χ1) is 14.5. The van der Waals surface area contributed by atoms with E-state index >= 15 is 0 Å². The summed E-state index contributed by atoms with van der Waals surface area (Å²) in [7, 11) is 1.58. The van der Waals surface area contributed by atoms with E-state index < -0.39 is 0 Å². The molecule has 0 N–H and O–H groups in total. The molecule has 0 bridgehead atoms. The molecule has 30 heavy (non-hydrogen) atoms. The molecule has 0 aliphatic heterocycles. The lowest BCUT2D eigenvalue weighted by Crippen LogP contribution is -2.07. The summed E-state index contributed by atoms with van der Waals surface area (Å²) in [6, 6.07) is 18.0. The summed E-state index contributed by atoms with van der Waals surface area (Å²) >= 11 is 0. The standard InChI is InChI=1S/C24H19FO5/c1-15-24(30-19-9-7-18(27-2)8-10-19)23(26)21-12-11-20(13-22(21)29-15)28-14-16-3-5-17(25)6-4-16/h3-13H,14H2,1-2H3. The third-order valence-corrected chi connectivity index (χ3v) is 4.58. The van der Waals surface area contributed by atoms with Crippen molar-refractivity contribution in [2.75, 3.05) is 7.11 Å². The Kier molecular flexibility index (Phi) is 5.39. The van der Waals surface area contributed by atoms with Gasteiger partial charge in [0.25, 0.3) is 0 Å². The van der Waals surface area contributed by atoms with Crippen molar-refractivity contribution in [3.05, 3.63) is 94.1 Å². The average molecular weight is 406 g/mol. The molecule has 5 nitrogen and oxygen atoms in total. The number of hydrogen-bond acceptors (Lipinski definition) is 5. The average Bonchev–Trinajstić information content (AvgIpc) is 2.76. The van der Waals surface area contributed by atoms with E-state index in [1.54, 1.807) is 68.6 Å². The Morgan fingerprint density at radius 3 is 2.27 bits per heavy atom. The lowest BCUT2D eigenvalue weighted by Gasteiger charge is -2.11. The Labute approximate surface area is 172 Å². The number of ether oxygens (including phenoxy) is 3. The van der Waals surface area contributed by atoms with Crippen molar-refractivity contribution in [1.29, 1.82) is 0 Å². The maximum absolute atomic E-state index is 13.0. The molecule has 0 fully saturated rings. The number of fused-ring (bicyclic) bond motifs is 1. The van der Waals surface area contributed by atoms with Crippen LogP contribution in [0.1, 0.15) is 11.3 Å². The van der Waals surface area contributed by atoms with Gasteiger partial charge in [-0.05, 0) is 61.0 Å². The van der Waals surface area contributed by atoms with Crippen molar-refractivity contribution in [3.63, 3.8) is 0 Å². The van der Waals surface area contributed by atoms with E-state index in [-0.39, 0.29) is 23.6 Å². The monoisotopic (exact) mass is 406 g/mol. The first-order valence-corrected chi connectivity index (χ1v) is 9.30. The van der Waals surface area contributed by atoms with Gasteiger partial charge < -0.3 is 18.6 Å². The zero-order valence-corrected chi connectivity index (χ0v) is 16.5. The van der Waals surface area contributed by atoms with Crippen molar-refractivity contribution in [2.24, 2.45) is 0 Å². The van der Waals surface area contributed by atoms with Crippen LogP contribution in [0.15, 0.2) is 75.9 Å². The lowest BCUT2D eigenvalue weighted by atomic mass is 10.2. The van der Waals surface area contributed by atoms with Gasteiger partial charge in [-0.25, -0.2) is 4.39 Å². The van der Waals surface area contributed by atoms with Crippen LogP contribution in [0.2, 0.25) is 0 Å². The highest BCUT2D eigenvalue weighted by Crippen LogP contribution is 2.28. The van der Waals surface area contributed by atoms with Gasteiger partial charge in [0.2, 0.25) is 11.2 Å².